The van der Waals surface area contributed by atoms with E-state index in [0.717, 1.165) is 12.8 Å². The third-order valence-corrected chi connectivity index (χ3v) is 3.35. The van der Waals surface area contributed by atoms with Crippen LogP contribution in [0, 0.1) is 12.8 Å². The summed E-state index contributed by atoms with van der Waals surface area (Å²) in [5.41, 5.74) is 0.676. The van der Waals surface area contributed by atoms with Gasteiger partial charge in [0.1, 0.15) is 6.04 Å². The van der Waals surface area contributed by atoms with E-state index < -0.39 is 17.9 Å². The zero-order chi connectivity index (χ0) is 13.3. The maximum atomic E-state index is 11.9. The van der Waals surface area contributed by atoms with Gasteiger partial charge in [-0.05, 0) is 41.3 Å². The molecule has 98 valence electrons. The predicted octanol–water partition coefficient (Wildman–Crippen LogP) is 2.33. The molecule has 1 aromatic heterocycles. The first-order valence-electron chi connectivity index (χ1n) is 5.77. The zero-order valence-electron chi connectivity index (χ0n) is 9.90. The van der Waals surface area contributed by atoms with Gasteiger partial charge in [0.2, 0.25) is 0 Å². The fraction of sp³-hybridized carbons (Fsp3) is 0.500. The molecule has 2 N–H and O–H groups in total. The SMILES string of the molecule is Cc1cc(Br)oc1C(=O)NC(CC1CC1)C(=O)O. The van der Waals surface area contributed by atoms with E-state index in [1.54, 1.807) is 13.0 Å². The van der Waals surface area contributed by atoms with E-state index in [0.29, 0.717) is 22.6 Å². The number of hydrogen-bond donors (Lipinski definition) is 2. The number of carbonyl (C=O) groups excluding carboxylic acids is 1. The highest BCUT2D eigenvalue weighted by molar-refractivity contribution is 9.10. The molecule has 1 aromatic rings. The van der Waals surface area contributed by atoms with Crippen LogP contribution in [0.15, 0.2) is 15.2 Å². The van der Waals surface area contributed by atoms with Crippen molar-refractivity contribution >= 4 is 27.8 Å². The molecule has 5 nitrogen and oxygen atoms in total. The molecular formula is C12H14BrNO4. The average Bonchev–Trinajstić information content (AvgIpc) is 3.02. The number of rotatable bonds is 5. The maximum absolute atomic E-state index is 11.9. The van der Waals surface area contributed by atoms with E-state index in [1.165, 1.54) is 0 Å². The molecule has 0 aliphatic heterocycles. The standard InChI is InChI=1S/C12H14BrNO4/c1-6-4-9(13)18-10(6)11(15)14-8(12(16)17)5-7-2-3-7/h4,7-8H,2-3,5H2,1H3,(H,14,15)(H,16,17). The lowest BCUT2D eigenvalue weighted by Crippen LogP contribution is -2.41. The van der Waals surface area contributed by atoms with Crippen molar-refractivity contribution in [2.24, 2.45) is 5.92 Å². The molecule has 2 rings (SSSR count). The molecule has 6 heteroatoms. The van der Waals surface area contributed by atoms with Crippen molar-refractivity contribution in [2.75, 3.05) is 0 Å². The number of carbonyl (C=O) groups is 2. The Labute approximate surface area is 113 Å². The lowest BCUT2D eigenvalue weighted by atomic mass is 10.1. The number of aliphatic carboxylic acids is 1. The van der Waals surface area contributed by atoms with Crippen LogP contribution < -0.4 is 5.32 Å². The van der Waals surface area contributed by atoms with Crippen molar-refractivity contribution in [3.63, 3.8) is 0 Å². The highest BCUT2D eigenvalue weighted by Gasteiger charge is 2.31. The Morgan fingerprint density at radius 1 is 1.61 bits per heavy atom. The third kappa shape index (κ3) is 3.13. The Bertz CT molecular complexity index is 478. The quantitative estimate of drug-likeness (QED) is 0.874. The fourth-order valence-electron chi connectivity index (χ4n) is 1.80. The highest BCUT2D eigenvalue weighted by Crippen LogP contribution is 2.33. The maximum Gasteiger partial charge on any atom is 0.326 e. The Hall–Kier alpha value is -1.30. The van der Waals surface area contributed by atoms with E-state index >= 15 is 0 Å². The zero-order valence-corrected chi connectivity index (χ0v) is 11.5. The molecule has 1 heterocycles. The van der Waals surface area contributed by atoms with Crippen molar-refractivity contribution in [3.05, 3.63) is 22.1 Å². The molecule has 1 amide bonds. The molecule has 0 aromatic carbocycles. The van der Waals surface area contributed by atoms with E-state index in [9.17, 15) is 9.59 Å². The largest absolute Gasteiger partial charge is 0.480 e. The van der Waals surface area contributed by atoms with Gasteiger partial charge in [-0.3, -0.25) is 4.79 Å². The third-order valence-electron chi connectivity index (χ3n) is 2.96. The van der Waals surface area contributed by atoms with Gasteiger partial charge in [0, 0.05) is 5.56 Å². The molecule has 1 fully saturated rings. The molecule has 1 aliphatic rings. The van der Waals surface area contributed by atoms with E-state index in [4.69, 9.17) is 9.52 Å². The van der Waals surface area contributed by atoms with Crippen molar-refractivity contribution in [1.82, 2.24) is 5.32 Å². The molecule has 0 saturated heterocycles. The van der Waals surface area contributed by atoms with Crippen LogP contribution in [0.5, 0.6) is 0 Å². The molecule has 1 saturated carbocycles. The molecule has 0 radical (unpaired) electrons. The molecule has 1 unspecified atom stereocenters. The summed E-state index contributed by atoms with van der Waals surface area (Å²) >= 11 is 3.13. The van der Waals surface area contributed by atoms with Gasteiger partial charge < -0.3 is 14.8 Å². The van der Waals surface area contributed by atoms with Gasteiger partial charge >= 0.3 is 5.97 Å². The van der Waals surface area contributed by atoms with Crippen LogP contribution in [0.2, 0.25) is 0 Å². The molecule has 1 aliphatic carbocycles. The lowest BCUT2D eigenvalue weighted by molar-refractivity contribution is -0.139. The van der Waals surface area contributed by atoms with E-state index in [1.807, 2.05) is 0 Å². The first-order valence-corrected chi connectivity index (χ1v) is 6.56. The Morgan fingerprint density at radius 3 is 2.72 bits per heavy atom. The number of nitrogens with one attached hydrogen (secondary N) is 1. The lowest BCUT2D eigenvalue weighted by Gasteiger charge is -2.13. The smallest absolute Gasteiger partial charge is 0.326 e. The minimum atomic E-state index is -1.00. The summed E-state index contributed by atoms with van der Waals surface area (Å²) in [6, 6.07) is 0.833. The highest BCUT2D eigenvalue weighted by atomic mass is 79.9. The molecule has 0 spiro atoms. The summed E-state index contributed by atoms with van der Waals surface area (Å²) in [6.45, 7) is 1.74. The Kier molecular flexibility index (Phi) is 3.75. The summed E-state index contributed by atoms with van der Waals surface area (Å²) in [5.74, 6) is -0.899. The van der Waals surface area contributed by atoms with Crippen LogP contribution in [-0.2, 0) is 4.79 Å². The molecule has 18 heavy (non-hydrogen) atoms. The molecular weight excluding hydrogens is 302 g/mol. The van der Waals surface area contributed by atoms with Crippen LogP contribution >= 0.6 is 15.9 Å². The second-order valence-corrected chi connectivity index (χ2v) is 5.39. The minimum Gasteiger partial charge on any atom is -0.480 e. The van der Waals surface area contributed by atoms with Crippen LogP contribution in [0.1, 0.15) is 35.4 Å². The summed E-state index contributed by atoms with van der Waals surface area (Å²) in [6.07, 6.45) is 2.58. The number of carboxylic acids is 1. The van der Waals surface area contributed by atoms with Crippen LogP contribution in [-0.4, -0.2) is 23.0 Å². The number of halogens is 1. The Morgan fingerprint density at radius 2 is 2.28 bits per heavy atom. The predicted molar refractivity (Wildman–Crippen MR) is 67.4 cm³/mol. The first kappa shape index (κ1) is 13.1. The Balaban J connectivity index is 2.03. The summed E-state index contributed by atoms with van der Waals surface area (Å²) in [7, 11) is 0. The fourth-order valence-corrected chi connectivity index (χ4v) is 2.31. The van der Waals surface area contributed by atoms with Gasteiger partial charge in [-0.25, -0.2) is 4.79 Å². The minimum absolute atomic E-state index is 0.156. The van der Waals surface area contributed by atoms with Gasteiger partial charge in [0.05, 0.1) is 0 Å². The van der Waals surface area contributed by atoms with Gasteiger partial charge in [-0.15, -0.1) is 0 Å². The van der Waals surface area contributed by atoms with Gasteiger partial charge in [-0.2, -0.15) is 0 Å². The van der Waals surface area contributed by atoms with Gasteiger partial charge in [0.15, 0.2) is 10.4 Å². The summed E-state index contributed by atoms with van der Waals surface area (Å²) in [4.78, 5) is 23.0. The van der Waals surface area contributed by atoms with Crippen molar-refractivity contribution in [2.45, 2.75) is 32.2 Å². The number of furan rings is 1. The first-order chi connectivity index (χ1) is 8.47. The van der Waals surface area contributed by atoms with E-state index in [2.05, 4.69) is 21.2 Å². The normalized spacial score (nSPS) is 16.3. The number of hydrogen-bond acceptors (Lipinski definition) is 3. The van der Waals surface area contributed by atoms with Crippen molar-refractivity contribution in [3.8, 4) is 0 Å². The van der Waals surface area contributed by atoms with Crippen molar-refractivity contribution in [1.29, 1.82) is 0 Å². The van der Waals surface area contributed by atoms with Gasteiger partial charge in [-0.1, -0.05) is 12.8 Å². The van der Waals surface area contributed by atoms with Crippen molar-refractivity contribution < 1.29 is 19.1 Å². The molecule has 0 bridgehead atoms. The van der Waals surface area contributed by atoms with Crippen LogP contribution in [0.4, 0.5) is 0 Å². The average molecular weight is 316 g/mol. The van der Waals surface area contributed by atoms with Crippen LogP contribution in [0.3, 0.4) is 0 Å². The molecule has 1 atom stereocenters. The van der Waals surface area contributed by atoms with Gasteiger partial charge in [0.25, 0.3) is 5.91 Å². The number of carboxylic acid groups (broad SMARTS) is 1. The number of aryl methyl sites for hydroxylation is 1. The number of amides is 1. The monoisotopic (exact) mass is 315 g/mol. The summed E-state index contributed by atoms with van der Waals surface area (Å²) in [5, 5.41) is 11.6. The second-order valence-electron chi connectivity index (χ2n) is 4.61. The van der Waals surface area contributed by atoms with E-state index in [-0.39, 0.29) is 5.76 Å². The summed E-state index contributed by atoms with van der Waals surface area (Å²) < 4.78 is 5.65. The van der Waals surface area contributed by atoms with Crippen LogP contribution in [0.25, 0.3) is 0 Å². The second kappa shape index (κ2) is 5.14. The topological polar surface area (TPSA) is 79.5 Å².